The highest BCUT2D eigenvalue weighted by molar-refractivity contribution is 6.35. The van der Waals surface area contributed by atoms with Gasteiger partial charge in [-0.25, -0.2) is 4.98 Å². The van der Waals surface area contributed by atoms with E-state index in [4.69, 9.17) is 17.3 Å². The number of para-hydroxylation sites is 1. The van der Waals surface area contributed by atoms with Crippen molar-refractivity contribution in [2.24, 2.45) is 0 Å². The smallest absolute Gasteiger partial charge is 0.127 e. The number of anilines is 1. The summed E-state index contributed by atoms with van der Waals surface area (Å²) in [7, 11) is 0. The molecule has 3 heteroatoms. The summed E-state index contributed by atoms with van der Waals surface area (Å²) in [6, 6.07) is 7.84. The summed E-state index contributed by atoms with van der Waals surface area (Å²) >= 11 is 6.04. The molecule has 0 aliphatic carbocycles. The van der Waals surface area contributed by atoms with E-state index in [1.807, 2.05) is 18.2 Å². The lowest BCUT2D eigenvalue weighted by molar-refractivity contribution is 0.921. The van der Waals surface area contributed by atoms with Crippen LogP contribution >= 0.6 is 11.6 Å². The number of halogens is 1. The standard InChI is InChI=1S/C12H13ClN2/c1-2-4-9-7-8-5-3-6-10(13)11(8)15-12(9)14/h3,5-7H,2,4H2,1H3,(H2,14,15). The monoisotopic (exact) mass is 220 g/mol. The zero-order valence-electron chi connectivity index (χ0n) is 8.63. The number of nitrogens with zero attached hydrogens (tertiary/aromatic N) is 1. The van der Waals surface area contributed by atoms with E-state index in [0.29, 0.717) is 10.8 Å². The van der Waals surface area contributed by atoms with Crippen LogP contribution in [0, 0.1) is 0 Å². The van der Waals surface area contributed by atoms with Crippen LogP contribution in [-0.4, -0.2) is 4.98 Å². The summed E-state index contributed by atoms with van der Waals surface area (Å²) in [5.41, 5.74) is 7.76. The molecule has 2 aromatic rings. The maximum Gasteiger partial charge on any atom is 0.127 e. The van der Waals surface area contributed by atoms with Gasteiger partial charge in [-0.2, -0.15) is 0 Å². The summed E-state index contributed by atoms with van der Waals surface area (Å²) in [4.78, 5) is 4.34. The van der Waals surface area contributed by atoms with Gasteiger partial charge in [0.15, 0.2) is 0 Å². The summed E-state index contributed by atoms with van der Waals surface area (Å²) in [6.45, 7) is 2.13. The van der Waals surface area contributed by atoms with E-state index in [2.05, 4.69) is 18.0 Å². The van der Waals surface area contributed by atoms with Crippen LogP contribution < -0.4 is 5.73 Å². The van der Waals surface area contributed by atoms with Crippen molar-refractivity contribution >= 4 is 28.3 Å². The van der Waals surface area contributed by atoms with Crippen molar-refractivity contribution < 1.29 is 0 Å². The Hall–Kier alpha value is -1.28. The number of fused-ring (bicyclic) bond motifs is 1. The maximum atomic E-state index is 6.04. The van der Waals surface area contributed by atoms with Gasteiger partial charge in [0.05, 0.1) is 10.5 Å². The Bertz CT molecular complexity index is 494. The predicted molar refractivity (Wildman–Crippen MR) is 65.2 cm³/mol. The lowest BCUT2D eigenvalue weighted by atomic mass is 10.1. The summed E-state index contributed by atoms with van der Waals surface area (Å²) in [5, 5.41) is 1.71. The van der Waals surface area contributed by atoms with Gasteiger partial charge in [0.1, 0.15) is 5.82 Å². The van der Waals surface area contributed by atoms with Crippen molar-refractivity contribution in [3.8, 4) is 0 Å². The topological polar surface area (TPSA) is 38.9 Å². The molecule has 2 N–H and O–H groups in total. The second kappa shape index (κ2) is 4.07. The van der Waals surface area contributed by atoms with Crippen molar-refractivity contribution in [1.29, 1.82) is 0 Å². The number of nitrogen functional groups attached to an aromatic ring is 1. The van der Waals surface area contributed by atoms with Gasteiger partial charge in [0, 0.05) is 5.39 Å². The molecule has 0 radical (unpaired) electrons. The van der Waals surface area contributed by atoms with Crippen LogP contribution in [0.25, 0.3) is 10.9 Å². The Labute approximate surface area is 94.1 Å². The second-order valence-corrected chi connectivity index (χ2v) is 4.00. The van der Waals surface area contributed by atoms with Gasteiger partial charge in [0.25, 0.3) is 0 Å². The first kappa shape index (κ1) is 10.2. The molecule has 0 fully saturated rings. The van der Waals surface area contributed by atoms with Crippen molar-refractivity contribution in [3.63, 3.8) is 0 Å². The first-order valence-electron chi connectivity index (χ1n) is 5.06. The molecule has 0 saturated heterocycles. The highest BCUT2D eigenvalue weighted by Crippen LogP contribution is 2.25. The highest BCUT2D eigenvalue weighted by atomic mass is 35.5. The number of rotatable bonds is 2. The molecular weight excluding hydrogens is 208 g/mol. The molecule has 0 unspecified atom stereocenters. The molecular formula is C12H13ClN2. The Morgan fingerprint density at radius 2 is 2.20 bits per heavy atom. The molecule has 1 heterocycles. The molecule has 0 bridgehead atoms. The first-order chi connectivity index (χ1) is 7.22. The van der Waals surface area contributed by atoms with Crippen molar-refractivity contribution in [2.45, 2.75) is 19.8 Å². The fraction of sp³-hybridized carbons (Fsp3) is 0.250. The number of aryl methyl sites for hydroxylation is 1. The number of aromatic nitrogens is 1. The fourth-order valence-electron chi connectivity index (χ4n) is 1.69. The number of benzene rings is 1. The van der Waals surface area contributed by atoms with Crippen LogP contribution in [0.15, 0.2) is 24.3 Å². The van der Waals surface area contributed by atoms with E-state index >= 15 is 0 Å². The van der Waals surface area contributed by atoms with Gasteiger partial charge in [-0.15, -0.1) is 0 Å². The second-order valence-electron chi connectivity index (χ2n) is 3.59. The average molecular weight is 221 g/mol. The van der Waals surface area contributed by atoms with Crippen molar-refractivity contribution in [2.75, 3.05) is 5.73 Å². The zero-order chi connectivity index (χ0) is 10.8. The Morgan fingerprint density at radius 3 is 2.93 bits per heavy atom. The third kappa shape index (κ3) is 1.90. The predicted octanol–water partition coefficient (Wildman–Crippen LogP) is 3.42. The Morgan fingerprint density at radius 1 is 1.40 bits per heavy atom. The van der Waals surface area contributed by atoms with Gasteiger partial charge >= 0.3 is 0 Å². The number of pyridine rings is 1. The molecule has 78 valence electrons. The van der Waals surface area contributed by atoms with Crippen LogP contribution in [0.2, 0.25) is 5.02 Å². The summed E-state index contributed by atoms with van der Waals surface area (Å²) in [5.74, 6) is 0.595. The third-order valence-corrected chi connectivity index (χ3v) is 2.73. The normalized spacial score (nSPS) is 10.8. The van der Waals surface area contributed by atoms with Gasteiger partial charge in [-0.05, 0) is 24.1 Å². The van der Waals surface area contributed by atoms with E-state index in [-0.39, 0.29) is 0 Å². The number of hydrogen-bond donors (Lipinski definition) is 1. The van der Waals surface area contributed by atoms with E-state index < -0.39 is 0 Å². The van der Waals surface area contributed by atoms with Crippen molar-refractivity contribution in [1.82, 2.24) is 4.98 Å². The Balaban J connectivity index is 2.65. The van der Waals surface area contributed by atoms with E-state index in [9.17, 15) is 0 Å². The first-order valence-corrected chi connectivity index (χ1v) is 5.43. The molecule has 2 rings (SSSR count). The van der Waals surface area contributed by atoms with E-state index in [0.717, 1.165) is 29.3 Å². The average Bonchev–Trinajstić information content (AvgIpc) is 2.21. The lowest BCUT2D eigenvalue weighted by Crippen LogP contribution is -1.98. The van der Waals surface area contributed by atoms with Crippen LogP contribution in [0.4, 0.5) is 5.82 Å². The molecule has 0 spiro atoms. The number of nitrogens with two attached hydrogens (primary N) is 1. The summed E-state index contributed by atoms with van der Waals surface area (Å²) in [6.07, 6.45) is 2.03. The fourth-order valence-corrected chi connectivity index (χ4v) is 1.91. The Kier molecular flexibility index (Phi) is 2.78. The molecule has 0 aliphatic heterocycles. The number of hydrogen-bond acceptors (Lipinski definition) is 2. The SMILES string of the molecule is CCCc1cc2cccc(Cl)c2nc1N. The van der Waals surface area contributed by atoms with Gasteiger partial charge in [-0.1, -0.05) is 37.1 Å². The van der Waals surface area contributed by atoms with E-state index in [1.54, 1.807) is 0 Å². The molecule has 1 aromatic carbocycles. The molecule has 0 saturated carbocycles. The minimum atomic E-state index is 0.595. The van der Waals surface area contributed by atoms with Gasteiger partial charge < -0.3 is 5.73 Å². The van der Waals surface area contributed by atoms with Crippen LogP contribution in [0.3, 0.4) is 0 Å². The molecule has 2 nitrogen and oxygen atoms in total. The molecule has 0 aliphatic rings. The minimum Gasteiger partial charge on any atom is -0.383 e. The van der Waals surface area contributed by atoms with Crippen molar-refractivity contribution in [3.05, 3.63) is 34.9 Å². The largest absolute Gasteiger partial charge is 0.383 e. The zero-order valence-corrected chi connectivity index (χ0v) is 9.38. The summed E-state index contributed by atoms with van der Waals surface area (Å²) < 4.78 is 0. The van der Waals surface area contributed by atoms with Gasteiger partial charge in [-0.3, -0.25) is 0 Å². The quantitative estimate of drug-likeness (QED) is 0.842. The van der Waals surface area contributed by atoms with Gasteiger partial charge in [0.2, 0.25) is 0 Å². The maximum absolute atomic E-state index is 6.04. The highest BCUT2D eigenvalue weighted by Gasteiger charge is 2.05. The minimum absolute atomic E-state index is 0.595. The van der Waals surface area contributed by atoms with E-state index in [1.165, 1.54) is 0 Å². The van der Waals surface area contributed by atoms with Crippen LogP contribution in [0.1, 0.15) is 18.9 Å². The molecule has 15 heavy (non-hydrogen) atoms. The van der Waals surface area contributed by atoms with Crippen LogP contribution in [-0.2, 0) is 6.42 Å². The third-order valence-electron chi connectivity index (χ3n) is 2.43. The molecule has 0 atom stereocenters. The lowest BCUT2D eigenvalue weighted by Gasteiger charge is -2.06. The van der Waals surface area contributed by atoms with Crippen LogP contribution in [0.5, 0.6) is 0 Å². The molecule has 0 amide bonds. The molecule has 1 aromatic heterocycles.